The molecule has 1 unspecified atom stereocenters. The van der Waals surface area contributed by atoms with E-state index < -0.39 is 0 Å². The highest BCUT2D eigenvalue weighted by Crippen LogP contribution is 2.33. The van der Waals surface area contributed by atoms with E-state index in [0.29, 0.717) is 25.4 Å². The van der Waals surface area contributed by atoms with Crippen molar-refractivity contribution in [2.75, 3.05) is 33.3 Å². The topological polar surface area (TPSA) is 49.9 Å². The maximum Gasteiger partial charge on any atom is 0.255 e. The van der Waals surface area contributed by atoms with Crippen LogP contribution in [0.5, 0.6) is 5.75 Å². The first-order chi connectivity index (χ1) is 15.0. The van der Waals surface area contributed by atoms with Gasteiger partial charge in [-0.3, -0.25) is 9.59 Å². The molecule has 1 aliphatic heterocycles. The van der Waals surface area contributed by atoms with Gasteiger partial charge in [-0.15, -0.1) is 11.3 Å². The number of carbonyl (C=O) groups is 2. The molecule has 1 atom stereocenters. The van der Waals surface area contributed by atoms with Crippen molar-refractivity contribution in [3.63, 3.8) is 0 Å². The van der Waals surface area contributed by atoms with E-state index in [0.717, 1.165) is 55.6 Å². The normalized spacial score (nSPS) is 19.0. The van der Waals surface area contributed by atoms with E-state index in [1.165, 1.54) is 16.9 Å². The smallest absolute Gasteiger partial charge is 0.255 e. The molecule has 0 radical (unpaired) electrons. The van der Waals surface area contributed by atoms with Crippen LogP contribution >= 0.6 is 11.3 Å². The van der Waals surface area contributed by atoms with E-state index in [4.69, 9.17) is 4.74 Å². The Kier molecular flexibility index (Phi) is 6.96. The number of thiophene rings is 1. The molecule has 2 aromatic rings. The Morgan fingerprint density at radius 2 is 1.84 bits per heavy atom. The first kappa shape index (κ1) is 21.9. The second-order valence-corrected chi connectivity index (χ2v) is 9.74. The molecule has 2 heterocycles. The van der Waals surface area contributed by atoms with Crippen LogP contribution in [0.2, 0.25) is 0 Å². The number of rotatable bonds is 5. The summed E-state index contributed by atoms with van der Waals surface area (Å²) in [6.07, 6.45) is 5.34. The van der Waals surface area contributed by atoms with Gasteiger partial charge in [-0.25, -0.2) is 0 Å². The van der Waals surface area contributed by atoms with E-state index in [1.807, 2.05) is 34.1 Å². The van der Waals surface area contributed by atoms with E-state index in [9.17, 15) is 9.59 Å². The van der Waals surface area contributed by atoms with Gasteiger partial charge < -0.3 is 14.5 Å². The molecule has 1 aromatic carbocycles. The number of benzene rings is 1. The van der Waals surface area contributed by atoms with Gasteiger partial charge in [0.05, 0.1) is 12.7 Å². The molecular formula is C25H32N2O3S. The molecule has 2 amide bonds. The second kappa shape index (κ2) is 9.86. The van der Waals surface area contributed by atoms with Crippen molar-refractivity contribution in [1.29, 1.82) is 0 Å². The summed E-state index contributed by atoms with van der Waals surface area (Å²) in [5.74, 6) is 1.87. The van der Waals surface area contributed by atoms with Crippen molar-refractivity contribution in [3.8, 4) is 5.75 Å². The fraction of sp³-hybridized carbons (Fsp3) is 0.520. The molecule has 1 aromatic heterocycles. The summed E-state index contributed by atoms with van der Waals surface area (Å²) < 4.78 is 5.19. The van der Waals surface area contributed by atoms with E-state index in [1.54, 1.807) is 18.4 Å². The molecule has 1 fully saturated rings. The van der Waals surface area contributed by atoms with Crippen molar-refractivity contribution in [1.82, 2.24) is 9.80 Å². The number of methoxy groups -OCH3 is 1. The summed E-state index contributed by atoms with van der Waals surface area (Å²) in [6.45, 7) is 4.98. The third-order valence-electron chi connectivity index (χ3n) is 6.55. The van der Waals surface area contributed by atoms with Crippen molar-refractivity contribution >= 4 is 23.2 Å². The minimum atomic E-state index is 0.152. The second-order valence-electron chi connectivity index (χ2n) is 8.77. The summed E-state index contributed by atoms with van der Waals surface area (Å²) >= 11 is 1.75. The van der Waals surface area contributed by atoms with E-state index >= 15 is 0 Å². The van der Waals surface area contributed by atoms with Gasteiger partial charge >= 0.3 is 0 Å². The molecule has 6 heteroatoms. The lowest BCUT2D eigenvalue weighted by molar-refractivity contribution is -0.131. The zero-order valence-corrected chi connectivity index (χ0v) is 19.4. The molecule has 2 aliphatic rings. The number of ether oxygens (including phenoxy) is 1. The Labute approximate surface area is 189 Å². The number of amides is 2. The Morgan fingerprint density at radius 1 is 1.10 bits per heavy atom. The highest BCUT2D eigenvalue weighted by atomic mass is 32.1. The molecule has 5 nitrogen and oxygen atoms in total. The first-order valence-corrected chi connectivity index (χ1v) is 12.2. The molecule has 0 N–H and O–H groups in total. The van der Waals surface area contributed by atoms with Crippen LogP contribution in [0, 0.1) is 5.92 Å². The van der Waals surface area contributed by atoms with E-state index in [2.05, 4.69) is 12.3 Å². The van der Waals surface area contributed by atoms with Crippen LogP contribution in [0.3, 0.4) is 0 Å². The Hall–Kier alpha value is -2.34. The molecule has 1 aliphatic carbocycles. The predicted octanol–water partition coefficient (Wildman–Crippen LogP) is 4.19. The molecule has 0 saturated carbocycles. The van der Waals surface area contributed by atoms with Crippen LogP contribution in [0.4, 0.5) is 0 Å². The number of hydrogen-bond donors (Lipinski definition) is 0. The predicted molar refractivity (Wildman–Crippen MR) is 124 cm³/mol. The maximum absolute atomic E-state index is 13.2. The Bertz CT molecular complexity index is 921. The third kappa shape index (κ3) is 5.12. The monoisotopic (exact) mass is 440 g/mol. The van der Waals surface area contributed by atoms with Crippen LogP contribution in [0.25, 0.3) is 0 Å². The van der Waals surface area contributed by atoms with Gasteiger partial charge in [-0.2, -0.15) is 0 Å². The zero-order chi connectivity index (χ0) is 21.8. The average Bonchev–Trinajstić information content (AvgIpc) is 3.04. The van der Waals surface area contributed by atoms with Crippen LogP contribution in [0.15, 0.2) is 29.6 Å². The number of nitrogens with zero attached hydrogens (tertiary/aromatic N) is 2. The molecular weight excluding hydrogens is 408 g/mol. The lowest BCUT2D eigenvalue weighted by Crippen LogP contribution is -2.37. The fourth-order valence-electron chi connectivity index (χ4n) is 4.60. The summed E-state index contributed by atoms with van der Waals surface area (Å²) in [4.78, 5) is 31.3. The highest BCUT2D eigenvalue weighted by Gasteiger charge is 2.28. The molecule has 4 rings (SSSR count). The number of hydrogen-bond acceptors (Lipinski definition) is 4. The number of fused-ring (bicyclic) bond motifs is 1. The fourth-order valence-corrected chi connectivity index (χ4v) is 5.84. The van der Waals surface area contributed by atoms with Gasteiger partial charge in [0.2, 0.25) is 5.91 Å². The molecule has 31 heavy (non-hydrogen) atoms. The van der Waals surface area contributed by atoms with Crippen LogP contribution < -0.4 is 4.74 Å². The first-order valence-electron chi connectivity index (χ1n) is 11.3. The van der Waals surface area contributed by atoms with Crippen molar-refractivity contribution < 1.29 is 14.3 Å². The maximum atomic E-state index is 13.2. The highest BCUT2D eigenvalue weighted by molar-refractivity contribution is 7.10. The SMILES string of the molecule is COc1ccc(CCC(=O)N2CCCN(C(=O)c3csc4c3CCC(C)C4)CC2)cc1. The minimum Gasteiger partial charge on any atom is -0.497 e. The summed E-state index contributed by atoms with van der Waals surface area (Å²) in [7, 11) is 1.65. The quantitative estimate of drug-likeness (QED) is 0.701. The summed E-state index contributed by atoms with van der Waals surface area (Å²) in [5.41, 5.74) is 3.33. The summed E-state index contributed by atoms with van der Waals surface area (Å²) in [6, 6.07) is 7.88. The lowest BCUT2D eigenvalue weighted by atomic mass is 9.88. The largest absolute Gasteiger partial charge is 0.497 e. The van der Waals surface area contributed by atoms with Crippen LogP contribution in [0.1, 0.15) is 52.5 Å². The van der Waals surface area contributed by atoms with Crippen molar-refractivity contribution in [2.45, 2.75) is 45.4 Å². The lowest BCUT2D eigenvalue weighted by Gasteiger charge is -2.24. The average molecular weight is 441 g/mol. The van der Waals surface area contributed by atoms with Crippen molar-refractivity contribution in [2.24, 2.45) is 5.92 Å². The number of carbonyl (C=O) groups excluding carboxylic acids is 2. The molecule has 1 saturated heterocycles. The van der Waals surface area contributed by atoms with Gasteiger partial charge in [0, 0.05) is 42.9 Å². The van der Waals surface area contributed by atoms with Gasteiger partial charge in [0.1, 0.15) is 5.75 Å². The van der Waals surface area contributed by atoms with Crippen LogP contribution in [-0.4, -0.2) is 54.9 Å². The standard InChI is InChI=1S/C25H32N2O3S/c1-18-4-10-21-22(17-31-23(21)16-18)25(29)27-13-3-12-26(14-15-27)24(28)11-7-19-5-8-20(30-2)9-6-19/h5-6,8-9,17-18H,3-4,7,10-16H2,1-2H3. The number of aryl methyl sites for hydroxylation is 1. The molecule has 166 valence electrons. The van der Waals surface area contributed by atoms with Gasteiger partial charge in [0.25, 0.3) is 5.91 Å². The summed E-state index contributed by atoms with van der Waals surface area (Å²) in [5, 5.41) is 2.06. The van der Waals surface area contributed by atoms with E-state index in [-0.39, 0.29) is 11.8 Å². The van der Waals surface area contributed by atoms with Gasteiger partial charge in [0.15, 0.2) is 0 Å². The minimum absolute atomic E-state index is 0.152. The van der Waals surface area contributed by atoms with Gasteiger partial charge in [-0.1, -0.05) is 19.1 Å². The third-order valence-corrected chi connectivity index (χ3v) is 7.61. The zero-order valence-electron chi connectivity index (χ0n) is 18.6. The van der Waals surface area contributed by atoms with Gasteiger partial charge in [-0.05, 0) is 61.3 Å². The van der Waals surface area contributed by atoms with Crippen LogP contribution in [-0.2, 0) is 24.1 Å². The Morgan fingerprint density at radius 3 is 2.61 bits per heavy atom. The Balaban J connectivity index is 1.31. The molecule has 0 bridgehead atoms. The van der Waals surface area contributed by atoms with Crippen molar-refractivity contribution in [3.05, 3.63) is 51.2 Å². The molecule has 0 spiro atoms.